The molecule has 1 aliphatic carbocycles. The Labute approximate surface area is 746 Å². The van der Waals surface area contributed by atoms with Crippen LogP contribution in [-0.2, 0) is 109 Å². The number of carbonyl (C=O) groups excluding carboxylic acids is 2. The van der Waals surface area contributed by atoms with Gasteiger partial charge in [0.1, 0.15) is 78.8 Å². The number of ether oxygens (including phenoxy) is 4. The van der Waals surface area contributed by atoms with E-state index in [0.29, 0.717) is 60.0 Å². The van der Waals surface area contributed by atoms with Crippen LogP contribution < -0.4 is 227 Å². The Morgan fingerprint density at radius 3 is 0.683 bits per heavy atom. The molecule has 0 saturated carbocycles. The molecule has 7 rings (SSSR count). The molecule has 0 aromatic heterocycles. The maximum absolute atomic E-state index is 14.0. The molecular formula is C56H52N2Na6O30S10. The minimum Gasteiger partial charge on any atom is -0.872 e. The van der Waals surface area contributed by atoms with Gasteiger partial charge in [0.25, 0.3) is 60.7 Å². The Morgan fingerprint density at radius 2 is 0.519 bits per heavy atom. The van der Waals surface area contributed by atoms with Crippen molar-refractivity contribution in [3.05, 3.63) is 140 Å². The number of benzene rings is 6. The van der Waals surface area contributed by atoms with Crippen molar-refractivity contribution in [2.45, 2.75) is 67.9 Å². The van der Waals surface area contributed by atoms with E-state index in [9.17, 15) is 118 Å². The van der Waals surface area contributed by atoms with Crippen LogP contribution in [0.3, 0.4) is 0 Å². The van der Waals surface area contributed by atoms with Crippen LogP contribution in [0.25, 0.3) is 0 Å². The minimum absolute atomic E-state index is 0. The van der Waals surface area contributed by atoms with Crippen molar-refractivity contribution in [1.82, 2.24) is 0 Å². The van der Waals surface area contributed by atoms with Gasteiger partial charge in [0, 0.05) is 63.1 Å². The van der Waals surface area contributed by atoms with E-state index in [4.69, 9.17) is 18.9 Å². The van der Waals surface area contributed by atoms with Gasteiger partial charge in [-0.15, -0.1) is 11.5 Å². The molecule has 6 aromatic rings. The Bertz CT molecular complexity index is 4640. The van der Waals surface area contributed by atoms with E-state index >= 15 is 0 Å². The van der Waals surface area contributed by atoms with E-state index in [-0.39, 0.29) is 190 Å². The molecule has 104 heavy (non-hydrogen) atoms. The molecule has 12 bridgehead atoms. The Kier molecular flexibility index (Phi) is 41.9. The smallest absolute Gasteiger partial charge is 0.872 e. The zero-order valence-electron chi connectivity index (χ0n) is 56.3. The first kappa shape index (κ1) is 101. The van der Waals surface area contributed by atoms with Crippen LogP contribution in [0.5, 0.6) is 34.5 Å². The van der Waals surface area contributed by atoms with E-state index in [2.05, 4.69) is 9.98 Å². The first-order valence-corrected chi connectivity index (χ1v) is 41.4. The van der Waals surface area contributed by atoms with Crippen molar-refractivity contribution >= 4 is 128 Å². The van der Waals surface area contributed by atoms with E-state index < -0.39 is 280 Å². The SMILES string of the molecule is CSSCCN=C([O-])COc1cc2c(S(=O)(=O)O)c(c1)Cc1cc(OCC(=O)[O-])cc(c1S(=O)(=O)O)Cc1cc([O-])cc(c1S(=O)(=O)O)Cc1cc(OCC([O-])=NCCSSC)cc(c1S(=O)(=O)O)Cc1cc(OCC(=O)[O-])cc(c1S(=O)(=O)O)Cc1cc([O-])cc(c1S(=O)(=O)O)C2.[Na+].[Na+].[Na+].[Na+].[Na+].[Na+]. The number of carboxylic acid groups (broad SMARTS) is 2. The van der Waals surface area contributed by atoms with Gasteiger partial charge in [-0.1, -0.05) is 67.4 Å². The number of rotatable bonds is 26. The summed E-state index contributed by atoms with van der Waals surface area (Å²) in [5.74, 6) is -10.4. The number of hydrogen-bond acceptors (Lipinski definition) is 30. The van der Waals surface area contributed by atoms with Crippen LogP contribution in [0.4, 0.5) is 0 Å². The van der Waals surface area contributed by atoms with Crippen molar-refractivity contribution in [2.24, 2.45) is 9.98 Å². The molecule has 0 saturated heterocycles. The molecule has 0 radical (unpaired) electrons. The van der Waals surface area contributed by atoms with Crippen molar-refractivity contribution in [1.29, 1.82) is 0 Å². The number of hydrogen-bond donors (Lipinski definition) is 6. The second kappa shape index (κ2) is 43.2. The number of aliphatic imine (C=N–C) groups is 2. The van der Waals surface area contributed by atoms with Gasteiger partial charge < -0.3 is 69.2 Å². The second-order valence-corrected chi connectivity index (χ2v) is 34.3. The summed E-state index contributed by atoms with van der Waals surface area (Å²) in [6.07, 6.45) is -4.38. The number of carbonyl (C=O) groups is 2. The molecule has 32 nitrogen and oxygen atoms in total. The van der Waals surface area contributed by atoms with Crippen molar-refractivity contribution in [3.8, 4) is 34.5 Å². The molecule has 532 valence electrons. The summed E-state index contributed by atoms with van der Waals surface area (Å²) >= 11 is 0. The van der Waals surface area contributed by atoms with Gasteiger partial charge in [-0.3, -0.25) is 27.3 Å². The quantitative estimate of drug-likeness (QED) is 0.00732. The third-order valence-corrected chi connectivity index (χ3v) is 23.6. The summed E-state index contributed by atoms with van der Waals surface area (Å²) in [7, 11) is -30.0. The maximum atomic E-state index is 14.0. The van der Waals surface area contributed by atoms with Gasteiger partial charge in [0.2, 0.25) is 0 Å². The van der Waals surface area contributed by atoms with Crippen LogP contribution in [0.2, 0.25) is 0 Å². The van der Waals surface area contributed by atoms with Crippen molar-refractivity contribution in [2.75, 3.05) is 63.5 Å². The first-order chi connectivity index (χ1) is 45.5. The Balaban J connectivity index is 0.00000901. The van der Waals surface area contributed by atoms with Crippen LogP contribution in [-0.4, -0.2) is 165 Å². The van der Waals surface area contributed by atoms with Gasteiger partial charge in [0.15, 0.2) is 0 Å². The molecule has 0 heterocycles. The van der Waals surface area contributed by atoms with Gasteiger partial charge in [-0.2, -0.15) is 50.5 Å². The normalized spacial score (nSPS) is 12.9. The molecule has 0 atom stereocenters. The molecule has 6 aromatic carbocycles. The average molecular weight is 1690 g/mol. The zero-order valence-corrected chi connectivity index (χ0v) is 76.5. The van der Waals surface area contributed by atoms with Gasteiger partial charge in [-0.05, 0) is 140 Å². The van der Waals surface area contributed by atoms with E-state index in [1.54, 1.807) is 12.5 Å². The van der Waals surface area contributed by atoms with E-state index in [0.717, 1.165) is 24.3 Å². The molecule has 1 aliphatic rings. The minimum atomic E-state index is -5.89. The number of aliphatic carboxylic acids is 2. The molecular weight excluding hydrogens is 1640 g/mol. The molecule has 0 amide bonds. The molecule has 48 heteroatoms. The monoisotopic (exact) mass is 1690 g/mol. The molecule has 0 aliphatic heterocycles. The van der Waals surface area contributed by atoms with Gasteiger partial charge in [0.05, 0.1) is 11.9 Å². The van der Waals surface area contributed by atoms with Gasteiger partial charge >= 0.3 is 177 Å². The van der Waals surface area contributed by atoms with Crippen molar-refractivity contribution < 1.29 is 314 Å². The number of fused-ring (bicyclic) bond motifs is 12. The number of carboxylic acids is 2. The molecule has 0 spiro atoms. The summed E-state index contributed by atoms with van der Waals surface area (Å²) < 4.78 is 256. The molecule has 0 unspecified atom stereocenters. The van der Waals surface area contributed by atoms with E-state index in [1.807, 2.05) is 0 Å². The molecule has 0 fully saturated rings. The Hall–Kier alpha value is -1.14. The summed E-state index contributed by atoms with van der Waals surface area (Å²) in [6.45, 7) is -4.85. The maximum Gasteiger partial charge on any atom is 1.00 e. The summed E-state index contributed by atoms with van der Waals surface area (Å²) in [6, 6.07) is 7.54. The van der Waals surface area contributed by atoms with Crippen molar-refractivity contribution in [3.63, 3.8) is 0 Å². The average Bonchev–Trinajstić information content (AvgIpc) is 0.761. The van der Waals surface area contributed by atoms with E-state index in [1.165, 1.54) is 43.2 Å². The molecule has 6 N–H and O–H groups in total. The largest absolute Gasteiger partial charge is 1.00 e. The van der Waals surface area contributed by atoms with Crippen LogP contribution in [0.15, 0.2) is 112 Å². The fourth-order valence-corrected chi connectivity index (χ4v) is 18.4. The third kappa shape index (κ3) is 28.8. The van der Waals surface area contributed by atoms with Gasteiger partial charge in [-0.25, -0.2) is 0 Å². The standard InChI is InChI=1S/C56H58N2O30S10.6Na/c1-89-91-5-3-57-47(61)25-85-43-17-33-7-29-13-41(59)15-31(51(29)93(67,68)69)9-36-22-46(88-28-50(65)66)24-40(56(36)98(82,83)84)12-38-20-44(86-26-48(62)58-4-6-92-90-2)18-34(54(38)96(76,77)78)8-30-14-42(60)16-32(52(30)94(70,71)72)10-35-21-45(87-27-49(63)64)23-39(55(35)97(79,80)81)11-37(19-43)53(33)95(73,74)75;;;;;;/h13-24,59-60H,3-12,25-28H2,1-2H3,(H,57,61)(H,58,62)(H,63,64)(H,65,66)(H,67,68,69)(H,70,71,72)(H,73,74,75)(H,76,77,78)(H,79,80,81)(H,82,83,84);;;;;;/q;6*+1/p-6. The van der Waals surface area contributed by atoms with Crippen LogP contribution in [0.1, 0.15) is 66.8 Å². The predicted molar refractivity (Wildman–Crippen MR) is 342 cm³/mol. The summed E-state index contributed by atoms with van der Waals surface area (Å²) in [5.41, 5.74) is -10.8. The summed E-state index contributed by atoms with van der Waals surface area (Å²) in [4.78, 5) is 23.3. The fraction of sp³-hybridized carbons (Fsp3) is 0.286. The zero-order chi connectivity index (χ0) is 72.6. The van der Waals surface area contributed by atoms with Crippen LogP contribution >= 0.6 is 43.2 Å². The first-order valence-electron chi connectivity index (χ1n) is 27.3. The predicted octanol–water partition coefficient (Wildman–Crippen LogP) is -18.2. The fourth-order valence-electron chi connectivity index (χ4n) is 10.7. The Morgan fingerprint density at radius 1 is 0.346 bits per heavy atom. The third-order valence-electron chi connectivity index (χ3n) is 13.7. The number of nitrogens with zero attached hydrogens (tertiary/aromatic N) is 2. The topological polar surface area (TPSA) is 560 Å². The van der Waals surface area contributed by atoms with Crippen LogP contribution in [0, 0.1) is 0 Å². The summed E-state index contributed by atoms with van der Waals surface area (Å²) in [5, 5.41) is 77.7. The second-order valence-electron chi connectivity index (χ2n) is 20.8.